The van der Waals surface area contributed by atoms with E-state index < -0.39 is 0 Å². The summed E-state index contributed by atoms with van der Waals surface area (Å²) >= 11 is 0. The molecule has 2 amide bonds. The summed E-state index contributed by atoms with van der Waals surface area (Å²) < 4.78 is 5.50. The molecule has 21 heavy (non-hydrogen) atoms. The zero-order valence-corrected chi connectivity index (χ0v) is 11.8. The number of carbonyl (C=O) groups is 2. The van der Waals surface area contributed by atoms with Crippen LogP contribution in [0.2, 0.25) is 0 Å². The summed E-state index contributed by atoms with van der Waals surface area (Å²) in [5.74, 6) is 0.339. The number of nitrogens with zero attached hydrogens (tertiary/aromatic N) is 1. The minimum absolute atomic E-state index is 0.209. The number of amides is 2. The molecule has 3 rings (SSSR count). The molecule has 0 aliphatic carbocycles. The average molecular weight is 286 g/mol. The maximum absolute atomic E-state index is 12.0. The number of hydrogen-bond acceptors (Lipinski definition) is 3. The van der Waals surface area contributed by atoms with Crippen LogP contribution in [0.15, 0.2) is 34.7 Å². The molecule has 1 N–H and O–H groups in total. The van der Waals surface area contributed by atoms with Crippen molar-refractivity contribution in [2.24, 2.45) is 0 Å². The first-order valence-corrected chi connectivity index (χ1v) is 7.28. The second kappa shape index (κ2) is 5.99. The van der Waals surface area contributed by atoms with E-state index in [4.69, 9.17) is 4.42 Å². The Morgan fingerprint density at radius 3 is 2.95 bits per heavy atom. The molecule has 2 aromatic rings. The Morgan fingerprint density at radius 1 is 1.33 bits per heavy atom. The van der Waals surface area contributed by atoms with E-state index in [-0.39, 0.29) is 11.8 Å². The highest BCUT2D eigenvalue weighted by atomic mass is 16.3. The fourth-order valence-corrected chi connectivity index (χ4v) is 2.59. The third-order valence-corrected chi connectivity index (χ3v) is 3.71. The number of rotatable bonds is 5. The van der Waals surface area contributed by atoms with Crippen LogP contribution in [0.5, 0.6) is 0 Å². The Labute approximate surface area is 122 Å². The van der Waals surface area contributed by atoms with E-state index in [1.807, 2.05) is 29.2 Å². The molecule has 0 unspecified atom stereocenters. The number of likely N-dealkylation sites (tertiary alicyclic amines) is 1. The third kappa shape index (κ3) is 3.07. The van der Waals surface area contributed by atoms with Crippen molar-refractivity contribution >= 4 is 22.8 Å². The highest BCUT2D eigenvalue weighted by Crippen LogP contribution is 2.18. The molecule has 2 heterocycles. The number of fused-ring (bicyclic) bond motifs is 1. The van der Waals surface area contributed by atoms with E-state index in [0.29, 0.717) is 30.9 Å². The van der Waals surface area contributed by atoms with Crippen LogP contribution in [0.3, 0.4) is 0 Å². The van der Waals surface area contributed by atoms with Crippen molar-refractivity contribution in [3.8, 4) is 0 Å². The fourth-order valence-electron chi connectivity index (χ4n) is 2.59. The van der Waals surface area contributed by atoms with Gasteiger partial charge in [-0.3, -0.25) is 9.59 Å². The number of benzene rings is 1. The lowest BCUT2D eigenvalue weighted by molar-refractivity contribution is -0.127. The molecule has 0 saturated carbocycles. The lowest BCUT2D eigenvalue weighted by Gasteiger charge is -2.14. The van der Waals surface area contributed by atoms with Gasteiger partial charge in [0, 0.05) is 31.4 Å². The molecule has 110 valence electrons. The summed E-state index contributed by atoms with van der Waals surface area (Å²) in [6.07, 6.45) is 2.37. The largest absolute Gasteiger partial charge is 0.451 e. The van der Waals surface area contributed by atoms with Gasteiger partial charge in [0.25, 0.3) is 5.91 Å². The molecular formula is C16H18N2O3. The van der Waals surface area contributed by atoms with Crippen molar-refractivity contribution in [2.45, 2.75) is 19.3 Å². The zero-order valence-electron chi connectivity index (χ0n) is 11.8. The first-order valence-electron chi connectivity index (χ1n) is 7.28. The minimum Gasteiger partial charge on any atom is -0.451 e. The molecule has 0 spiro atoms. The topological polar surface area (TPSA) is 62.6 Å². The van der Waals surface area contributed by atoms with E-state index in [2.05, 4.69) is 5.32 Å². The summed E-state index contributed by atoms with van der Waals surface area (Å²) in [4.78, 5) is 25.3. The van der Waals surface area contributed by atoms with Crippen LogP contribution in [0.4, 0.5) is 0 Å². The van der Waals surface area contributed by atoms with Gasteiger partial charge in [0.1, 0.15) is 5.58 Å². The van der Waals surface area contributed by atoms with E-state index in [1.165, 1.54) is 0 Å². The normalized spacial score (nSPS) is 14.9. The van der Waals surface area contributed by atoms with Gasteiger partial charge >= 0.3 is 0 Å². The quantitative estimate of drug-likeness (QED) is 0.857. The molecule has 5 heteroatoms. The molecule has 0 bridgehead atoms. The van der Waals surface area contributed by atoms with Crippen LogP contribution in [0, 0.1) is 0 Å². The van der Waals surface area contributed by atoms with Gasteiger partial charge < -0.3 is 14.6 Å². The Hall–Kier alpha value is -2.30. The van der Waals surface area contributed by atoms with Crippen molar-refractivity contribution in [3.05, 3.63) is 36.1 Å². The summed E-state index contributed by atoms with van der Waals surface area (Å²) in [5, 5.41) is 3.75. The molecule has 1 saturated heterocycles. The van der Waals surface area contributed by atoms with Crippen LogP contribution in [0.1, 0.15) is 29.8 Å². The minimum atomic E-state index is -0.209. The molecule has 0 atom stereocenters. The van der Waals surface area contributed by atoms with Gasteiger partial charge in [-0.15, -0.1) is 0 Å². The van der Waals surface area contributed by atoms with Gasteiger partial charge in [-0.25, -0.2) is 0 Å². The highest BCUT2D eigenvalue weighted by molar-refractivity contribution is 5.96. The van der Waals surface area contributed by atoms with Crippen molar-refractivity contribution in [1.82, 2.24) is 10.2 Å². The van der Waals surface area contributed by atoms with Gasteiger partial charge in [-0.1, -0.05) is 18.2 Å². The Kier molecular flexibility index (Phi) is 3.90. The monoisotopic (exact) mass is 286 g/mol. The van der Waals surface area contributed by atoms with Crippen LogP contribution >= 0.6 is 0 Å². The smallest absolute Gasteiger partial charge is 0.287 e. The van der Waals surface area contributed by atoms with Crippen LogP contribution in [0.25, 0.3) is 11.0 Å². The standard InChI is InChI=1S/C16H18N2O3/c19-15-7-3-9-18(15)10-4-8-17-16(20)14-11-12-5-1-2-6-13(12)21-14/h1-2,5-6,11H,3-4,7-10H2,(H,17,20). The molecule has 0 radical (unpaired) electrons. The number of para-hydroxylation sites is 1. The molecule has 1 fully saturated rings. The zero-order chi connectivity index (χ0) is 14.7. The Morgan fingerprint density at radius 2 is 2.19 bits per heavy atom. The predicted molar refractivity (Wildman–Crippen MR) is 79.0 cm³/mol. The highest BCUT2D eigenvalue weighted by Gasteiger charge is 2.19. The van der Waals surface area contributed by atoms with Gasteiger partial charge in [0.05, 0.1) is 0 Å². The maximum Gasteiger partial charge on any atom is 0.287 e. The molecule has 1 aliphatic rings. The number of furan rings is 1. The lowest BCUT2D eigenvalue weighted by Crippen LogP contribution is -2.30. The summed E-state index contributed by atoms with van der Waals surface area (Å²) in [6, 6.07) is 9.28. The molecule has 1 aromatic carbocycles. The van der Waals surface area contributed by atoms with E-state index in [0.717, 1.165) is 24.8 Å². The summed E-state index contributed by atoms with van der Waals surface area (Å²) in [6.45, 7) is 2.09. The lowest BCUT2D eigenvalue weighted by atomic mass is 10.2. The van der Waals surface area contributed by atoms with Crippen molar-refractivity contribution in [2.75, 3.05) is 19.6 Å². The van der Waals surface area contributed by atoms with Crippen LogP contribution in [-0.2, 0) is 4.79 Å². The van der Waals surface area contributed by atoms with Gasteiger partial charge in [-0.05, 0) is 25.0 Å². The van der Waals surface area contributed by atoms with Crippen LogP contribution < -0.4 is 5.32 Å². The van der Waals surface area contributed by atoms with Crippen LogP contribution in [-0.4, -0.2) is 36.3 Å². The van der Waals surface area contributed by atoms with E-state index in [1.54, 1.807) is 6.07 Å². The van der Waals surface area contributed by atoms with Gasteiger partial charge in [0.2, 0.25) is 5.91 Å². The first kappa shape index (κ1) is 13.7. The number of carbonyl (C=O) groups excluding carboxylic acids is 2. The number of nitrogens with one attached hydrogen (secondary N) is 1. The molecule has 5 nitrogen and oxygen atoms in total. The predicted octanol–water partition coefficient (Wildman–Crippen LogP) is 2.18. The summed E-state index contributed by atoms with van der Waals surface area (Å²) in [7, 11) is 0. The first-order chi connectivity index (χ1) is 10.2. The second-order valence-electron chi connectivity index (χ2n) is 5.24. The van der Waals surface area contributed by atoms with Crippen molar-refractivity contribution in [3.63, 3.8) is 0 Å². The van der Waals surface area contributed by atoms with E-state index in [9.17, 15) is 9.59 Å². The van der Waals surface area contributed by atoms with Crippen molar-refractivity contribution < 1.29 is 14.0 Å². The Bertz CT molecular complexity index is 629. The van der Waals surface area contributed by atoms with Gasteiger partial charge in [0.15, 0.2) is 5.76 Å². The van der Waals surface area contributed by atoms with E-state index >= 15 is 0 Å². The average Bonchev–Trinajstić information content (AvgIpc) is 3.09. The summed E-state index contributed by atoms with van der Waals surface area (Å²) in [5.41, 5.74) is 0.713. The maximum atomic E-state index is 12.0. The van der Waals surface area contributed by atoms with Gasteiger partial charge in [-0.2, -0.15) is 0 Å². The van der Waals surface area contributed by atoms with Crippen molar-refractivity contribution in [1.29, 1.82) is 0 Å². The molecule has 1 aliphatic heterocycles. The Balaban J connectivity index is 1.48. The molecular weight excluding hydrogens is 268 g/mol. The number of hydrogen-bond donors (Lipinski definition) is 1. The third-order valence-electron chi connectivity index (χ3n) is 3.71. The fraction of sp³-hybridized carbons (Fsp3) is 0.375. The second-order valence-corrected chi connectivity index (χ2v) is 5.24. The molecule has 1 aromatic heterocycles. The SMILES string of the molecule is O=C(NCCCN1CCCC1=O)c1cc2ccccc2o1.